The van der Waals surface area contributed by atoms with E-state index in [1.807, 2.05) is 0 Å². The first-order valence-electron chi connectivity index (χ1n) is 7.61. The van der Waals surface area contributed by atoms with Gasteiger partial charge in [0.25, 0.3) is 0 Å². The van der Waals surface area contributed by atoms with Gasteiger partial charge in [0, 0.05) is 18.6 Å². The van der Waals surface area contributed by atoms with Crippen molar-refractivity contribution in [3.05, 3.63) is 0 Å². The van der Waals surface area contributed by atoms with Crippen molar-refractivity contribution in [1.29, 1.82) is 0 Å². The van der Waals surface area contributed by atoms with Gasteiger partial charge in [-0.25, -0.2) is 0 Å². The first-order valence-corrected chi connectivity index (χ1v) is 7.61. The van der Waals surface area contributed by atoms with Crippen molar-refractivity contribution >= 4 is 0 Å². The lowest BCUT2D eigenvalue weighted by molar-refractivity contribution is 0.0146. The Morgan fingerprint density at radius 2 is 2.00 bits per heavy atom. The van der Waals surface area contributed by atoms with Gasteiger partial charge in [-0.2, -0.15) is 0 Å². The molecule has 0 radical (unpaired) electrons. The van der Waals surface area contributed by atoms with E-state index in [1.165, 1.54) is 58.2 Å². The third-order valence-corrected chi connectivity index (χ3v) is 4.96. The molecule has 1 aliphatic carbocycles. The lowest BCUT2D eigenvalue weighted by Crippen LogP contribution is -2.55. The predicted octanol–water partition coefficient (Wildman–Crippen LogP) is 3.03. The summed E-state index contributed by atoms with van der Waals surface area (Å²) in [6.45, 7) is 11.0. The Morgan fingerprint density at radius 3 is 2.59 bits per heavy atom. The number of nitrogens with zero attached hydrogens (tertiary/aromatic N) is 1. The summed E-state index contributed by atoms with van der Waals surface area (Å²) in [4.78, 5) is 2.81. The summed E-state index contributed by atoms with van der Waals surface area (Å²) < 4.78 is 0. The van der Waals surface area contributed by atoms with Crippen LogP contribution in [0.4, 0.5) is 0 Å². The van der Waals surface area contributed by atoms with Crippen LogP contribution in [0.3, 0.4) is 0 Å². The minimum Gasteiger partial charge on any atom is -0.315 e. The zero-order chi connectivity index (χ0) is 12.3. The van der Waals surface area contributed by atoms with Gasteiger partial charge in [0.2, 0.25) is 0 Å². The van der Waals surface area contributed by atoms with Crippen LogP contribution in [0, 0.1) is 5.41 Å². The highest BCUT2D eigenvalue weighted by molar-refractivity contribution is 4.93. The molecule has 2 atom stereocenters. The summed E-state index contributed by atoms with van der Waals surface area (Å²) in [5.74, 6) is 0. The van der Waals surface area contributed by atoms with Gasteiger partial charge < -0.3 is 5.32 Å². The van der Waals surface area contributed by atoms with E-state index in [-0.39, 0.29) is 0 Å². The first kappa shape index (κ1) is 13.4. The maximum atomic E-state index is 3.57. The van der Waals surface area contributed by atoms with Crippen molar-refractivity contribution in [2.45, 2.75) is 71.4 Å². The standard InChI is InChI=1S/C15H30N2/c1-4-17(13-8-7-11-16-12-13)14-9-5-6-10-15(14,2)3/h13-14,16H,4-12H2,1-3H3. The summed E-state index contributed by atoms with van der Waals surface area (Å²) in [7, 11) is 0. The second-order valence-corrected chi connectivity index (χ2v) is 6.58. The fraction of sp³-hybridized carbons (Fsp3) is 1.00. The van der Waals surface area contributed by atoms with E-state index >= 15 is 0 Å². The van der Waals surface area contributed by atoms with Gasteiger partial charge in [0.1, 0.15) is 0 Å². The monoisotopic (exact) mass is 238 g/mol. The van der Waals surface area contributed by atoms with Crippen LogP contribution in [0.2, 0.25) is 0 Å². The Bertz CT molecular complexity index is 231. The molecule has 2 rings (SSSR count). The Morgan fingerprint density at radius 1 is 1.18 bits per heavy atom. The molecule has 1 N–H and O–H groups in total. The summed E-state index contributed by atoms with van der Waals surface area (Å²) in [5, 5.41) is 3.57. The van der Waals surface area contributed by atoms with Crippen molar-refractivity contribution in [2.24, 2.45) is 5.41 Å². The average molecular weight is 238 g/mol. The molecule has 17 heavy (non-hydrogen) atoms. The minimum atomic E-state index is 0.520. The van der Waals surface area contributed by atoms with Crippen LogP contribution in [0.1, 0.15) is 59.3 Å². The van der Waals surface area contributed by atoms with Crippen molar-refractivity contribution in [2.75, 3.05) is 19.6 Å². The highest BCUT2D eigenvalue weighted by Crippen LogP contribution is 2.39. The molecule has 2 unspecified atom stereocenters. The molecule has 0 bridgehead atoms. The molecule has 0 aromatic carbocycles. The fourth-order valence-corrected chi connectivity index (χ4v) is 3.94. The molecule has 0 aromatic rings. The Hall–Kier alpha value is -0.0800. The molecule has 100 valence electrons. The van der Waals surface area contributed by atoms with Crippen molar-refractivity contribution in [3.63, 3.8) is 0 Å². The van der Waals surface area contributed by atoms with Crippen molar-refractivity contribution in [3.8, 4) is 0 Å². The third kappa shape index (κ3) is 3.03. The smallest absolute Gasteiger partial charge is 0.0224 e. The van der Waals surface area contributed by atoms with Crippen LogP contribution in [0.5, 0.6) is 0 Å². The Balaban J connectivity index is 2.04. The van der Waals surface area contributed by atoms with E-state index in [4.69, 9.17) is 0 Å². The second kappa shape index (κ2) is 5.71. The lowest BCUT2D eigenvalue weighted by atomic mass is 9.72. The zero-order valence-corrected chi connectivity index (χ0v) is 12.0. The van der Waals surface area contributed by atoms with Gasteiger partial charge >= 0.3 is 0 Å². The lowest BCUT2D eigenvalue weighted by Gasteiger charge is -2.49. The van der Waals surface area contributed by atoms with Crippen LogP contribution in [-0.4, -0.2) is 36.6 Å². The summed E-state index contributed by atoms with van der Waals surface area (Å²) in [5.41, 5.74) is 0.520. The fourth-order valence-electron chi connectivity index (χ4n) is 3.94. The molecular formula is C15H30N2. The van der Waals surface area contributed by atoms with Crippen molar-refractivity contribution < 1.29 is 0 Å². The van der Waals surface area contributed by atoms with E-state index in [1.54, 1.807) is 0 Å². The van der Waals surface area contributed by atoms with Crippen LogP contribution in [0.25, 0.3) is 0 Å². The Labute approximate surface area is 107 Å². The van der Waals surface area contributed by atoms with Crippen molar-refractivity contribution in [1.82, 2.24) is 10.2 Å². The molecule has 1 heterocycles. The minimum absolute atomic E-state index is 0.520. The topological polar surface area (TPSA) is 15.3 Å². The quantitative estimate of drug-likeness (QED) is 0.813. The SMILES string of the molecule is CCN(C1CCCNC1)C1CCCCC1(C)C. The summed E-state index contributed by atoms with van der Waals surface area (Å²) in [6.07, 6.45) is 8.45. The predicted molar refractivity (Wildman–Crippen MR) is 74.3 cm³/mol. The molecular weight excluding hydrogens is 208 g/mol. The first-order chi connectivity index (χ1) is 8.15. The maximum absolute atomic E-state index is 3.57. The molecule has 1 saturated heterocycles. The number of rotatable bonds is 3. The van der Waals surface area contributed by atoms with Crippen LogP contribution in [-0.2, 0) is 0 Å². The van der Waals surface area contributed by atoms with Gasteiger partial charge in [0.15, 0.2) is 0 Å². The van der Waals surface area contributed by atoms with Gasteiger partial charge in [-0.1, -0.05) is 33.6 Å². The number of hydrogen-bond donors (Lipinski definition) is 1. The van der Waals surface area contributed by atoms with Crippen LogP contribution < -0.4 is 5.32 Å². The Kier molecular flexibility index (Phi) is 4.48. The summed E-state index contributed by atoms with van der Waals surface area (Å²) >= 11 is 0. The highest BCUT2D eigenvalue weighted by Gasteiger charge is 2.38. The zero-order valence-electron chi connectivity index (χ0n) is 12.0. The second-order valence-electron chi connectivity index (χ2n) is 6.58. The average Bonchev–Trinajstić information content (AvgIpc) is 2.33. The van der Waals surface area contributed by atoms with Crippen LogP contribution in [0.15, 0.2) is 0 Å². The molecule has 2 nitrogen and oxygen atoms in total. The molecule has 0 amide bonds. The number of hydrogen-bond acceptors (Lipinski definition) is 2. The molecule has 1 aliphatic heterocycles. The highest BCUT2D eigenvalue weighted by atomic mass is 15.2. The molecule has 2 fully saturated rings. The molecule has 1 saturated carbocycles. The summed E-state index contributed by atoms with van der Waals surface area (Å²) in [6, 6.07) is 1.60. The molecule has 2 aliphatic rings. The van der Waals surface area contributed by atoms with Gasteiger partial charge in [-0.15, -0.1) is 0 Å². The van der Waals surface area contributed by atoms with E-state index in [9.17, 15) is 0 Å². The van der Waals surface area contributed by atoms with Gasteiger partial charge in [0.05, 0.1) is 0 Å². The van der Waals surface area contributed by atoms with E-state index < -0.39 is 0 Å². The number of nitrogens with one attached hydrogen (secondary N) is 1. The van der Waals surface area contributed by atoms with Gasteiger partial charge in [-0.3, -0.25) is 4.90 Å². The number of likely N-dealkylation sites (N-methyl/N-ethyl adjacent to an activating group) is 1. The third-order valence-electron chi connectivity index (χ3n) is 4.96. The van der Waals surface area contributed by atoms with Gasteiger partial charge in [-0.05, 0) is 44.2 Å². The van der Waals surface area contributed by atoms with E-state index in [2.05, 4.69) is 31.0 Å². The maximum Gasteiger partial charge on any atom is 0.0224 e. The molecule has 0 aromatic heterocycles. The molecule has 2 heteroatoms. The van der Waals surface area contributed by atoms with E-state index in [0.29, 0.717) is 5.41 Å². The largest absolute Gasteiger partial charge is 0.315 e. The number of piperidine rings is 1. The normalized spacial score (nSPS) is 33.9. The van der Waals surface area contributed by atoms with E-state index in [0.717, 1.165) is 12.1 Å². The van der Waals surface area contributed by atoms with Crippen LogP contribution >= 0.6 is 0 Å². The molecule has 0 spiro atoms.